The lowest BCUT2D eigenvalue weighted by molar-refractivity contribution is 1.32. The van der Waals surface area contributed by atoms with E-state index >= 15 is 0 Å². The van der Waals surface area contributed by atoms with Crippen LogP contribution in [0.1, 0.15) is 0 Å². The predicted molar refractivity (Wildman–Crippen MR) is 410 cm³/mol. The SMILES string of the molecule is c1ccc(-c2ccc3c(-c4c(-c5ccnc6cc(-c7ccccn7)ccc56)c(-c5ccnc6cc(-c7ccccn7)ccc56)c(-c5ccnc6cc(-c7ccccn7)ccc56)c(-c5ccnc6cc(-c7ccccn7)ccc56)c4-c4ccnc5cc(-c6ccccn6)ccc45)ccnc3c2)nc1. The molecule has 0 atom stereocenters. The van der Waals surface area contributed by atoms with Gasteiger partial charge in [0.1, 0.15) is 0 Å². The second-order valence-electron chi connectivity index (χ2n) is 25.1. The van der Waals surface area contributed by atoms with Crippen molar-refractivity contribution in [3.05, 3.63) is 329 Å². The molecule has 7 aromatic carbocycles. The lowest BCUT2D eigenvalue weighted by atomic mass is 9.72. The maximum atomic E-state index is 5.28. The Hall–Kier alpha value is -14.1. The van der Waals surface area contributed by atoms with Gasteiger partial charge in [0.05, 0.1) is 67.3 Å². The number of hydrogen-bond donors (Lipinski definition) is 0. The topological polar surface area (TPSA) is 155 Å². The van der Waals surface area contributed by atoms with Crippen molar-refractivity contribution in [1.29, 1.82) is 0 Å². The summed E-state index contributed by atoms with van der Waals surface area (Å²) in [5.74, 6) is 0. The normalized spacial score (nSPS) is 11.5. The summed E-state index contributed by atoms with van der Waals surface area (Å²) in [6.07, 6.45) is 22.7. The van der Waals surface area contributed by atoms with Gasteiger partial charge in [0.25, 0.3) is 0 Å². The Bertz CT molecular complexity index is 5440. The molecule has 0 radical (unpaired) electrons. The summed E-state index contributed by atoms with van der Waals surface area (Å²) < 4.78 is 0. The van der Waals surface area contributed by atoms with E-state index in [1.807, 2.05) is 184 Å². The zero-order chi connectivity index (χ0) is 67.5. The number of rotatable bonds is 12. The summed E-state index contributed by atoms with van der Waals surface area (Å²) in [5.41, 5.74) is 26.6. The van der Waals surface area contributed by atoms with Crippen molar-refractivity contribution in [3.8, 4) is 134 Å². The molecule has 0 aliphatic rings. The molecular weight excluding hydrogens is 1250 g/mol. The third-order valence-corrected chi connectivity index (χ3v) is 19.3. The highest BCUT2D eigenvalue weighted by Crippen LogP contribution is 2.60. The van der Waals surface area contributed by atoms with Crippen LogP contribution in [0.15, 0.2) is 329 Å². The predicted octanol–water partition coefficient (Wildman–Crippen LogP) is 21.3. The number of pyridine rings is 12. The quantitative estimate of drug-likeness (QED) is 0.114. The van der Waals surface area contributed by atoms with Gasteiger partial charge in [-0.3, -0.25) is 59.8 Å². The van der Waals surface area contributed by atoms with Gasteiger partial charge in [0.15, 0.2) is 0 Å². The Labute approximate surface area is 585 Å². The first-order chi connectivity index (χ1) is 50.6. The van der Waals surface area contributed by atoms with Crippen LogP contribution in [-0.4, -0.2) is 59.8 Å². The smallest absolute Gasteiger partial charge is 0.0714 e. The van der Waals surface area contributed by atoms with E-state index in [0.29, 0.717) is 0 Å². The molecule has 19 aromatic rings. The molecule has 0 aliphatic carbocycles. The minimum Gasteiger partial charge on any atom is -0.256 e. The largest absolute Gasteiger partial charge is 0.256 e. The first kappa shape index (κ1) is 59.2. The number of fused-ring (bicyclic) bond motifs is 6. The standard InChI is InChI=1S/C90H54N12/c1-7-37-91-73(13-1)55-19-25-61-67(31-43-97-79(61)49-55)85-86(68-32-44-98-80-50-56(20-26-62(68)80)74-14-2-8-38-92-74)88(70-34-46-100-82-52-58(22-28-64(70)82)76-16-4-10-40-94-76)90(72-36-48-102-84-54-60(24-30-66(72)84)78-18-6-12-42-96-78)89(71-35-47-101-83-53-59(23-29-65(71)83)77-17-5-11-41-95-77)87(85)69-33-45-99-81-51-57(21-27-63(69)81)75-15-3-9-39-93-75/h1-54H. The summed E-state index contributed by atoms with van der Waals surface area (Å²) in [5, 5.41) is 5.54. The van der Waals surface area contributed by atoms with Gasteiger partial charge in [-0.2, -0.15) is 0 Å². The fraction of sp³-hybridized carbons (Fsp3) is 0. The van der Waals surface area contributed by atoms with E-state index in [2.05, 4.69) is 146 Å². The van der Waals surface area contributed by atoms with Gasteiger partial charge in [-0.1, -0.05) is 109 Å². The Kier molecular flexibility index (Phi) is 14.6. The lowest BCUT2D eigenvalue weighted by Gasteiger charge is -2.31. The molecule has 12 heterocycles. The van der Waals surface area contributed by atoms with Crippen molar-refractivity contribution in [1.82, 2.24) is 59.8 Å². The minimum atomic E-state index is 0.788. The average molecular weight is 1300 g/mol. The molecule has 12 aromatic heterocycles. The highest BCUT2D eigenvalue weighted by Gasteiger charge is 2.34. The van der Waals surface area contributed by atoms with Crippen LogP contribution in [-0.2, 0) is 0 Å². The third kappa shape index (κ3) is 10.4. The summed E-state index contributed by atoms with van der Waals surface area (Å²) >= 11 is 0. The van der Waals surface area contributed by atoms with E-state index in [0.717, 1.165) is 200 Å². The molecule has 0 saturated carbocycles. The van der Waals surface area contributed by atoms with E-state index in [1.54, 1.807) is 0 Å². The number of nitrogens with zero attached hydrogens (tertiary/aromatic N) is 12. The van der Waals surface area contributed by atoms with Crippen LogP contribution in [0.2, 0.25) is 0 Å². The van der Waals surface area contributed by atoms with Crippen LogP contribution >= 0.6 is 0 Å². The molecule has 12 heteroatoms. The van der Waals surface area contributed by atoms with Gasteiger partial charge in [-0.15, -0.1) is 0 Å². The van der Waals surface area contributed by atoms with Gasteiger partial charge in [0, 0.05) is 140 Å². The second kappa shape index (κ2) is 25.1. The zero-order valence-electron chi connectivity index (χ0n) is 54.5. The fourth-order valence-electron chi connectivity index (χ4n) is 14.7. The zero-order valence-corrected chi connectivity index (χ0v) is 54.5. The minimum absolute atomic E-state index is 0.788. The molecule has 0 amide bonds. The highest BCUT2D eigenvalue weighted by molar-refractivity contribution is 6.26. The molecule has 0 unspecified atom stereocenters. The number of aromatic nitrogens is 12. The third-order valence-electron chi connectivity index (χ3n) is 19.3. The highest BCUT2D eigenvalue weighted by atomic mass is 14.7. The molecule has 0 saturated heterocycles. The Balaban J connectivity index is 1.07. The molecule has 0 N–H and O–H groups in total. The van der Waals surface area contributed by atoms with E-state index in [1.165, 1.54) is 0 Å². The first-order valence-electron chi connectivity index (χ1n) is 33.7. The van der Waals surface area contributed by atoms with E-state index in [9.17, 15) is 0 Å². The molecule has 0 aliphatic heterocycles. The maximum absolute atomic E-state index is 5.28. The number of benzene rings is 7. The Morgan fingerprint density at radius 1 is 0.137 bits per heavy atom. The van der Waals surface area contributed by atoms with E-state index in [-0.39, 0.29) is 0 Å². The van der Waals surface area contributed by atoms with Crippen molar-refractivity contribution in [2.45, 2.75) is 0 Å². The summed E-state index contributed by atoms with van der Waals surface area (Å²) in [4.78, 5) is 60.7. The van der Waals surface area contributed by atoms with E-state index < -0.39 is 0 Å². The fourth-order valence-corrected chi connectivity index (χ4v) is 14.7. The van der Waals surface area contributed by atoms with Crippen LogP contribution in [0.4, 0.5) is 0 Å². The molecule has 0 bridgehead atoms. The van der Waals surface area contributed by atoms with Crippen molar-refractivity contribution in [3.63, 3.8) is 0 Å². The van der Waals surface area contributed by atoms with Crippen LogP contribution in [0, 0.1) is 0 Å². The van der Waals surface area contributed by atoms with Gasteiger partial charge >= 0.3 is 0 Å². The van der Waals surface area contributed by atoms with Crippen LogP contribution < -0.4 is 0 Å². The van der Waals surface area contributed by atoms with Crippen LogP contribution in [0.25, 0.3) is 200 Å². The Morgan fingerprint density at radius 3 is 0.451 bits per heavy atom. The molecule has 12 nitrogen and oxygen atoms in total. The van der Waals surface area contributed by atoms with Crippen molar-refractivity contribution in [2.24, 2.45) is 0 Å². The van der Waals surface area contributed by atoms with Crippen molar-refractivity contribution in [2.75, 3.05) is 0 Å². The molecule has 102 heavy (non-hydrogen) atoms. The molecular formula is C90H54N12. The van der Waals surface area contributed by atoms with Gasteiger partial charge in [0.2, 0.25) is 0 Å². The van der Waals surface area contributed by atoms with Crippen molar-refractivity contribution >= 4 is 65.4 Å². The number of hydrogen-bond acceptors (Lipinski definition) is 12. The maximum Gasteiger partial charge on any atom is 0.0714 e. The molecule has 474 valence electrons. The average Bonchev–Trinajstić information content (AvgIpc) is 0.695. The lowest BCUT2D eigenvalue weighted by Crippen LogP contribution is -2.05. The van der Waals surface area contributed by atoms with Gasteiger partial charge in [-0.05, 0) is 212 Å². The summed E-state index contributed by atoms with van der Waals surface area (Å²) in [6, 6.07) is 88.4. The molecule has 0 fully saturated rings. The van der Waals surface area contributed by atoms with Gasteiger partial charge < -0.3 is 0 Å². The first-order valence-corrected chi connectivity index (χ1v) is 33.7. The van der Waals surface area contributed by atoms with Crippen LogP contribution in [0.5, 0.6) is 0 Å². The monoisotopic (exact) mass is 1300 g/mol. The summed E-state index contributed by atoms with van der Waals surface area (Å²) in [6.45, 7) is 0. The van der Waals surface area contributed by atoms with Gasteiger partial charge in [-0.25, -0.2) is 0 Å². The molecule has 19 rings (SSSR count). The van der Waals surface area contributed by atoms with Crippen LogP contribution in [0.3, 0.4) is 0 Å². The molecule has 0 spiro atoms. The second-order valence-corrected chi connectivity index (χ2v) is 25.1. The van der Waals surface area contributed by atoms with E-state index in [4.69, 9.17) is 59.8 Å². The van der Waals surface area contributed by atoms with Crippen molar-refractivity contribution < 1.29 is 0 Å². The Morgan fingerprint density at radius 2 is 0.304 bits per heavy atom. The summed E-state index contributed by atoms with van der Waals surface area (Å²) in [7, 11) is 0.